The highest BCUT2D eigenvalue weighted by Crippen LogP contribution is 2.44. The molecule has 45 heavy (non-hydrogen) atoms. The predicted molar refractivity (Wildman–Crippen MR) is 152 cm³/mol. The van der Waals surface area contributed by atoms with Crippen LogP contribution in [-0.2, 0) is 14.2 Å². The Morgan fingerprint density at radius 1 is 0.711 bits per heavy atom. The molecule has 6 N–H and O–H groups in total. The van der Waals surface area contributed by atoms with Crippen LogP contribution in [0.4, 0.5) is 0 Å². The fourth-order valence-electron chi connectivity index (χ4n) is 5.44. The van der Waals surface area contributed by atoms with Crippen LogP contribution in [0.1, 0.15) is 6.92 Å². The second-order valence-corrected chi connectivity index (χ2v) is 10.6. The number of methoxy groups -OCH3 is 4. The first-order valence-corrected chi connectivity index (χ1v) is 13.9. The summed E-state index contributed by atoms with van der Waals surface area (Å²) in [5.74, 6) is 0.492. The van der Waals surface area contributed by atoms with E-state index >= 15 is 0 Å². The number of rotatable bonds is 9. The van der Waals surface area contributed by atoms with Crippen molar-refractivity contribution in [1.82, 2.24) is 0 Å². The monoisotopic (exact) mass is 640 g/mol. The molecule has 2 saturated heterocycles. The van der Waals surface area contributed by atoms with Gasteiger partial charge in [-0.15, -0.1) is 0 Å². The fraction of sp³-hybridized carbons (Fsp3) is 0.552. The third-order valence-electron chi connectivity index (χ3n) is 7.92. The normalized spacial score (nSPS) is 32.0. The molecule has 10 atom stereocenters. The highest BCUT2D eigenvalue weighted by molar-refractivity contribution is 5.97. The molecule has 0 aliphatic carbocycles. The topological polar surface area (TPSA) is 225 Å². The van der Waals surface area contributed by atoms with Crippen molar-refractivity contribution in [2.45, 2.75) is 68.3 Å². The molecule has 0 spiro atoms. The van der Waals surface area contributed by atoms with Gasteiger partial charge in [0, 0.05) is 12.1 Å². The van der Waals surface area contributed by atoms with E-state index in [1.807, 2.05) is 0 Å². The molecular weight excluding hydrogens is 604 g/mol. The van der Waals surface area contributed by atoms with Crippen molar-refractivity contribution in [1.29, 1.82) is 0 Å². The van der Waals surface area contributed by atoms with Gasteiger partial charge >= 0.3 is 0 Å². The predicted octanol–water partition coefficient (Wildman–Crippen LogP) is -0.989. The maximum atomic E-state index is 13.7. The Balaban J connectivity index is 1.57. The van der Waals surface area contributed by atoms with Gasteiger partial charge < -0.3 is 73.0 Å². The zero-order valence-electron chi connectivity index (χ0n) is 25.0. The maximum absolute atomic E-state index is 13.7. The summed E-state index contributed by atoms with van der Waals surface area (Å²) < 4.78 is 50.8. The van der Waals surface area contributed by atoms with E-state index in [4.69, 9.17) is 42.3 Å². The molecule has 0 bridgehead atoms. The van der Waals surface area contributed by atoms with Crippen molar-refractivity contribution < 1.29 is 73.0 Å². The average molecular weight is 641 g/mol. The van der Waals surface area contributed by atoms with Crippen LogP contribution in [0.25, 0.3) is 21.9 Å². The van der Waals surface area contributed by atoms with Crippen molar-refractivity contribution in [2.75, 3.05) is 35.0 Å². The minimum atomic E-state index is -1.75. The Morgan fingerprint density at radius 2 is 1.38 bits per heavy atom. The van der Waals surface area contributed by atoms with Gasteiger partial charge in [0.1, 0.15) is 53.2 Å². The molecule has 0 radical (unpaired) electrons. The van der Waals surface area contributed by atoms with E-state index in [-0.39, 0.29) is 50.7 Å². The van der Waals surface area contributed by atoms with Gasteiger partial charge in [-0.1, -0.05) is 0 Å². The lowest BCUT2D eigenvalue weighted by Crippen LogP contribution is -2.64. The van der Waals surface area contributed by atoms with E-state index in [9.17, 15) is 35.4 Å². The van der Waals surface area contributed by atoms with Crippen molar-refractivity contribution in [3.63, 3.8) is 0 Å². The molecule has 0 amide bonds. The molecule has 248 valence electrons. The number of ether oxygens (including phenoxy) is 8. The highest BCUT2D eigenvalue weighted by atomic mass is 16.8. The number of fused-ring (bicyclic) bond motifs is 2. The summed E-state index contributed by atoms with van der Waals surface area (Å²) >= 11 is 0. The van der Waals surface area contributed by atoms with E-state index in [0.717, 1.165) is 0 Å². The molecule has 2 aliphatic rings. The van der Waals surface area contributed by atoms with Gasteiger partial charge in [-0.05, 0) is 13.0 Å². The second-order valence-electron chi connectivity index (χ2n) is 10.6. The van der Waals surface area contributed by atoms with E-state index in [2.05, 4.69) is 0 Å². The van der Waals surface area contributed by atoms with E-state index in [1.165, 1.54) is 53.6 Å². The zero-order valence-corrected chi connectivity index (χ0v) is 25.0. The van der Waals surface area contributed by atoms with E-state index < -0.39 is 73.4 Å². The van der Waals surface area contributed by atoms with E-state index in [0.29, 0.717) is 0 Å². The fourth-order valence-corrected chi connectivity index (χ4v) is 5.44. The van der Waals surface area contributed by atoms with Crippen LogP contribution in [0.2, 0.25) is 0 Å². The quantitative estimate of drug-likeness (QED) is 0.154. The van der Waals surface area contributed by atoms with Gasteiger partial charge in [-0.2, -0.15) is 0 Å². The molecule has 2 fully saturated rings. The third kappa shape index (κ3) is 5.73. The molecule has 2 aromatic carbocycles. The van der Waals surface area contributed by atoms with Crippen LogP contribution >= 0.6 is 0 Å². The van der Waals surface area contributed by atoms with Crippen molar-refractivity contribution >= 4 is 21.9 Å². The standard InChI is InChI=1S/C29H36O16/c1-10-19(31)22(34)24(36)28(41-10)45-27-23(35)21(33)17(9-30)44-29(27)43-14-7-12-11(6-13(14)37-2)20(32)18-15(42-12)8-16(38-3)25(39-4)26(18)40-5/h6-8,10,17,19,21-24,27-31,33-36H,9H2,1-5H3/t10-,17+,19-,21+,22+,23-,24+,27+,28-,29+/m0/s1. The Bertz CT molecular complexity index is 1570. The number of benzene rings is 2. The first-order chi connectivity index (χ1) is 21.5. The zero-order chi connectivity index (χ0) is 32.7. The molecule has 5 rings (SSSR count). The van der Waals surface area contributed by atoms with Crippen LogP contribution in [-0.4, -0.2) is 127 Å². The van der Waals surface area contributed by atoms with Crippen LogP contribution in [0.15, 0.2) is 27.4 Å². The molecule has 3 aromatic rings. The molecule has 3 heterocycles. The lowest BCUT2D eigenvalue weighted by atomic mass is 9.97. The van der Waals surface area contributed by atoms with Gasteiger partial charge in [0.2, 0.25) is 17.5 Å². The molecule has 16 heteroatoms. The Morgan fingerprint density at radius 3 is 2.00 bits per heavy atom. The first kappa shape index (κ1) is 32.9. The SMILES string of the molecule is COc1cc2c(=O)c3c(OC)c(OC)c(OC)cc3oc2cc1O[C@@H]1O[C@H](CO)[C@@H](O)[C@H](O)[C@H]1O[C@@H]1O[C@@H](C)[C@H](O)[C@@H](O)[C@H]1O. The van der Waals surface area contributed by atoms with Crippen molar-refractivity contribution in [3.05, 3.63) is 28.4 Å². The summed E-state index contributed by atoms with van der Waals surface area (Å²) in [6.07, 6.45) is -15.3. The molecular formula is C29H36O16. The number of aliphatic hydroxyl groups excluding tert-OH is 6. The molecule has 16 nitrogen and oxygen atoms in total. The lowest BCUT2D eigenvalue weighted by molar-refractivity contribution is -0.354. The molecule has 2 aliphatic heterocycles. The summed E-state index contributed by atoms with van der Waals surface area (Å²) in [5.41, 5.74) is -0.339. The van der Waals surface area contributed by atoms with Crippen LogP contribution in [0.5, 0.6) is 28.7 Å². The van der Waals surface area contributed by atoms with Crippen molar-refractivity contribution in [2.24, 2.45) is 0 Å². The minimum absolute atomic E-state index is 0.0261. The largest absolute Gasteiger partial charge is 0.493 e. The number of hydrogen-bond donors (Lipinski definition) is 6. The minimum Gasteiger partial charge on any atom is -0.493 e. The van der Waals surface area contributed by atoms with Gasteiger partial charge in [0.15, 0.2) is 35.4 Å². The third-order valence-corrected chi connectivity index (χ3v) is 7.92. The maximum Gasteiger partial charge on any atom is 0.229 e. The van der Waals surface area contributed by atoms with Crippen LogP contribution in [0.3, 0.4) is 0 Å². The first-order valence-electron chi connectivity index (χ1n) is 13.9. The van der Waals surface area contributed by atoms with Gasteiger partial charge in [0.25, 0.3) is 0 Å². The van der Waals surface area contributed by atoms with Gasteiger partial charge in [-0.3, -0.25) is 4.79 Å². The van der Waals surface area contributed by atoms with E-state index in [1.54, 1.807) is 0 Å². The van der Waals surface area contributed by atoms with Crippen LogP contribution in [0, 0.1) is 0 Å². The molecule has 0 unspecified atom stereocenters. The summed E-state index contributed by atoms with van der Waals surface area (Å²) in [6, 6.07) is 4.15. The second kappa shape index (κ2) is 13.1. The smallest absolute Gasteiger partial charge is 0.229 e. The Labute approximate surface area is 255 Å². The average Bonchev–Trinajstić information content (AvgIpc) is 3.04. The summed E-state index contributed by atoms with van der Waals surface area (Å²) in [5, 5.41) is 62.2. The highest BCUT2D eigenvalue weighted by Gasteiger charge is 2.51. The Hall–Kier alpha value is -3.45. The molecule has 0 saturated carbocycles. The summed E-state index contributed by atoms with van der Waals surface area (Å²) in [4.78, 5) is 13.7. The van der Waals surface area contributed by atoms with Gasteiger partial charge in [-0.25, -0.2) is 0 Å². The lowest BCUT2D eigenvalue weighted by Gasteiger charge is -2.45. The molecule has 1 aromatic heterocycles. The van der Waals surface area contributed by atoms with Gasteiger partial charge in [0.05, 0.1) is 46.5 Å². The number of hydrogen-bond acceptors (Lipinski definition) is 16. The van der Waals surface area contributed by atoms with Crippen LogP contribution < -0.4 is 29.1 Å². The summed E-state index contributed by atoms with van der Waals surface area (Å²) in [7, 11) is 5.49. The summed E-state index contributed by atoms with van der Waals surface area (Å²) in [6.45, 7) is 0.728. The number of aliphatic hydroxyl groups is 6. The Kier molecular flexibility index (Phi) is 9.60. The van der Waals surface area contributed by atoms with Crippen molar-refractivity contribution in [3.8, 4) is 28.7 Å².